The molecule has 0 unspecified atom stereocenters. The first-order valence-corrected chi connectivity index (χ1v) is 8.61. The van der Waals surface area contributed by atoms with E-state index in [1.54, 1.807) is 0 Å². The predicted molar refractivity (Wildman–Crippen MR) is 92.5 cm³/mol. The number of carbonyl (C=O) groups excluding carboxylic acids is 1. The molecule has 0 aliphatic carbocycles. The molecule has 124 valence electrons. The fourth-order valence-corrected chi connectivity index (χ4v) is 2.50. The van der Waals surface area contributed by atoms with E-state index in [0.29, 0.717) is 5.69 Å². The van der Waals surface area contributed by atoms with Crippen molar-refractivity contribution in [2.24, 2.45) is 5.84 Å². The molecule has 1 amide bonds. The van der Waals surface area contributed by atoms with E-state index >= 15 is 0 Å². The van der Waals surface area contributed by atoms with Gasteiger partial charge in [-0.05, 0) is 30.9 Å². The molecule has 1 aromatic heterocycles. The fraction of sp³-hybridized carbons (Fsp3) is 0.611. The first-order chi connectivity index (χ1) is 10.8. The van der Waals surface area contributed by atoms with Crippen LogP contribution in [0.2, 0.25) is 0 Å². The number of hydrogen-bond donors (Lipinski definition) is 3. The Balaban J connectivity index is 2.02. The number of nitrogen functional groups attached to an aromatic ring is 1. The number of allylic oxidation sites excluding steroid dienone is 2. The summed E-state index contributed by atoms with van der Waals surface area (Å²) in [6, 6.07) is 1.84. The van der Waals surface area contributed by atoms with Gasteiger partial charge in [-0.25, -0.2) is 5.84 Å². The van der Waals surface area contributed by atoms with Gasteiger partial charge in [0.05, 0.1) is 0 Å². The first kappa shape index (κ1) is 18.5. The van der Waals surface area contributed by atoms with Crippen LogP contribution in [0.1, 0.15) is 80.8 Å². The zero-order valence-corrected chi connectivity index (χ0v) is 13.9. The summed E-state index contributed by atoms with van der Waals surface area (Å²) in [6.07, 6.45) is 19.1. The lowest BCUT2D eigenvalue weighted by Gasteiger charge is -1.99. The van der Waals surface area contributed by atoms with Crippen LogP contribution in [0.5, 0.6) is 0 Å². The van der Waals surface area contributed by atoms with E-state index in [1.165, 1.54) is 51.4 Å². The van der Waals surface area contributed by atoms with Gasteiger partial charge in [-0.15, -0.1) is 0 Å². The van der Waals surface area contributed by atoms with Crippen LogP contribution in [0.25, 0.3) is 0 Å². The van der Waals surface area contributed by atoms with Crippen molar-refractivity contribution < 1.29 is 4.79 Å². The van der Waals surface area contributed by atoms with Crippen molar-refractivity contribution in [1.29, 1.82) is 0 Å². The highest BCUT2D eigenvalue weighted by Gasteiger charge is 2.05. The van der Waals surface area contributed by atoms with Crippen LogP contribution >= 0.6 is 0 Å². The minimum atomic E-state index is -0.283. The predicted octanol–water partition coefficient (Wildman–Crippen LogP) is 4.25. The van der Waals surface area contributed by atoms with Gasteiger partial charge in [0, 0.05) is 6.20 Å². The normalized spacial score (nSPS) is 11.2. The summed E-state index contributed by atoms with van der Waals surface area (Å²) >= 11 is 0. The summed E-state index contributed by atoms with van der Waals surface area (Å²) in [4.78, 5) is 14.2. The van der Waals surface area contributed by atoms with E-state index in [9.17, 15) is 4.79 Å². The molecule has 0 radical (unpaired) electrons. The number of H-pyrrole nitrogens is 1. The van der Waals surface area contributed by atoms with Gasteiger partial charge < -0.3 is 4.98 Å². The third-order valence-electron chi connectivity index (χ3n) is 3.86. The summed E-state index contributed by atoms with van der Waals surface area (Å²) in [7, 11) is 0. The fourth-order valence-electron chi connectivity index (χ4n) is 2.50. The Morgan fingerprint density at radius 3 is 2.50 bits per heavy atom. The Labute approximate surface area is 134 Å². The second-order valence-corrected chi connectivity index (χ2v) is 5.83. The number of hydrazine groups is 1. The molecule has 1 heterocycles. The first-order valence-electron chi connectivity index (χ1n) is 8.61. The molecular formula is C18H31N3O. The summed E-state index contributed by atoms with van der Waals surface area (Å²) in [5.74, 6) is 4.81. The number of aromatic amines is 1. The maximum Gasteiger partial charge on any atom is 0.281 e. The zero-order chi connectivity index (χ0) is 16.0. The van der Waals surface area contributed by atoms with E-state index in [4.69, 9.17) is 5.84 Å². The molecule has 0 aromatic carbocycles. The van der Waals surface area contributed by atoms with E-state index < -0.39 is 0 Å². The van der Waals surface area contributed by atoms with Gasteiger partial charge in [-0.2, -0.15) is 0 Å². The molecule has 4 nitrogen and oxygen atoms in total. The number of nitrogens with two attached hydrogens (primary N) is 1. The molecule has 0 spiro atoms. The lowest BCUT2D eigenvalue weighted by molar-refractivity contribution is 0.0949. The number of nitrogens with one attached hydrogen (secondary N) is 2. The van der Waals surface area contributed by atoms with Crippen LogP contribution < -0.4 is 11.3 Å². The van der Waals surface area contributed by atoms with E-state index in [-0.39, 0.29) is 5.91 Å². The van der Waals surface area contributed by atoms with Crippen LogP contribution in [0.15, 0.2) is 24.4 Å². The number of aromatic nitrogens is 1. The Morgan fingerprint density at radius 2 is 1.82 bits per heavy atom. The number of carbonyl (C=O) groups is 1. The van der Waals surface area contributed by atoms with Crippen LogP contribution in [0.4, 0.5) is 0 Å². The van der Waals surface area contributed by atoms with E-state index in [2.05, 4.69) is 29.5 Å². The molecule has 0 aliphatic heterocycles. The third kappa shape index (κ3) is 8.03. The SMILES string of the molecule is CCCCCCCCCCC=CCc1c[nH]c(C(=O)NN)c1. The molecule has 0 saturated heterocycles. The van der Waals surface area contributed by atoms with Gasteiger partial charge in [0.25, 0.3) is 5.91 Å². The molecule has 4 heteroatoms. The highest BCUT2D eigenvalue weighted by atomic mass is 16.2. The van der Waals surface area contributed by atoms with Gasteiger partial charge in [0.2, 0.25) is 0 Å². The van der Waals surface area contributed by atoms with Crippen molar-refractivity contribution in [3.05, 3.63) is 35.7 Å². The number of hydrogen-bond acceptors (Lipinski definition) is 2. The summed E-state index contributed by atoms with van der Waals surface area (Å²) in [5, 5.41) is 0. The van der Waals surface area contributed by atoms with Gasteiger partial charge in [-0.1, -0.05) is 64.0 Å². The monoisotopic (exact) mass is 305 g/mol. The smallest absolute Gasteiger partial charge is 0.281 e. The number of rotatable bonds is 12. The molecule has 0 atom stereocenters. The Kier molecular flexibility index (Phi) is 10.1. The van der Waals surface area contributed by atoms with Crippen molar-refractivity contribution in [2.45, 2.75) is 71.1 Å². The molecule has 0 bridgehead atoms. The van der Waals surface area contributed by atoms with Crippen LogP contribution in [0.3, 0.4) is 0 Å². The number of unbranched alkanes of at least 4 members (excludes halogenated alkanes) is 8. The van der Waals surface area contributed by atoms with Crippen molar-refractivity contribution in [3.63, 3.8) is 0 Å². The quantitative estimate of drug-likeness (QED) is 0.178. The maximum absolute atomic E-state index is 11.3. The van der Waals surface area contributed by atoms with Crippen molar-refractivity contribution in [2.75, 3.05) is 0 Å². The zero-order valence-electron chi connectivity index (χ0n) is 13.9. The summed E-state index contributed by atoms with van der Waals surface area (Å²) < 4.78 is 0. The third-order valence-corrected chi connectivity index (χ3v) is 3.86. The van der Waals surface area contributed by atoms with E-state index in [1.807, 2.05) is 12.3 Å². The van der Waals surface area contributed by atoms with Crippen LogP contribution in [-0.4, -0.2) is 10.9 Å². The van der Waals surface area contributed by atoms with Crippen LogP contribution in [0, 0.1) is 0 Å². The average Bonchev–Trinajstić information content (AvgIpc) is 3.00. The lowest BCUT2D eigenvalue weighted by Crippen LogP contribution is -2.30. The molecule has 1 rings (SSSR count). The molecule has 0 aliphatic rings. The number of amides is 1. The van der Waals surface area contributed by atoms with Gasteiger partial charge in [0.15, 0.2) is 0 Å². The second kappa shape index (κ2) is 12.0. The minimum Gasteiger partial charge on any atom is -0.357 e. The molecule has 0 fully saturated rings. The molecule has 0 saturated carbocycles. The van der Waals surface area contributed by atoms with Crippen molar-refractivity contribution in [1.82, 2.24) is 10.4 Å². The van der Waals surface area contributed by atoms with Gasteiger partial charge in [0.1, 0.15) is 5.69 Å². The largest absolute Gasteiger partial charge is 0.357 e. The molecule has 1 aromatic rings. The average molecular weight is 305 g/mol. The minimum absolute atomic E-state index is 0.283. The summed E-state index contributed by atoms with van der Waals surface area (Å²) in [6.45, 7) is 2.26. The van der Waals surface area contributed by atoms with Gasteiger partial charge in [-0.3, -0.25) is 10.2 Å². The van der Waals surface area contributed by atoms with E-state index in [0.717, 1.165) is 18.4 Å². The highest BCUT2D eigenvalue weighted by molar-refractivity contribution is 5.92. The Morgan fingerprint density at radius 1 is 1.14 bits per heavy atom. The summed E-state index contributed by atoms with van der Waals surface area (Å²) in [5.41, 5.74) is 3.73. The highest BCUT2D eigenvalue weighted by Crippen LogP contribution is 2.10. The van der Waals surface area contributed by atoms with Crippen LogP contribution in [-0.2, 0) is 6.42 Å². The second-order valence-electron chi connectivity index (χ2n) is 5.83. The van der Waals surface area contributed by atoms with Crippen molar-refractivity contribution >= 4 is 5.91 Å². The topological polar surface area (TPSA) is 70.9 Å². The van der Waals surface area contributed by atoms with Gasteiger partial charge >= 0.3 is 0 Å². The molecule has 22 heavy (non-hydrogen) atoms. The molecule has 4 N–H and O–H groups in total. The maximum atomic E-state index is 11.3. The Bertz CT molecular complexity index is 437. The standard InChI is InChI=1S/C18H31N3O/c1-2-3-4-5-6-7-8-9-10-11-12-13-16-14-17(20-15-16)18(22)21-19/h11-12,14-15,20H,2-10,13,19H2,1H3,(H,21,22). The lowest BCUT2D eigenvalue weighted by atomic mass is 10.1. The van der Waals surface area contributed by atoms with Crippen molar-refractivity contribution in [3.8, 4) is 0 Å². The molecular weight excluding hydrogens is 274 g/mol. The Hall–Kier alpha value is -1.55.